The second kappa shape index (κ2) is 15.8. The number of nitrogens with one attached hydrogen (secondary N) is 1. The molecule has 4 aromatic carbocycles. The first-order valence-electron chi connectivity index (χ1n) is 14.1. The van der Waals surface area contributed by atoms with Gasteiger partial charge in [0, 0.05) is 19.5 Å². The molecule has 1 unspecified atom stereocenters. The average molecular weight is 708 g/mol. The molecule has 0 spiro atoms. The minimum atomic E-state index is -4.32. The Labute approximate surface area is 283 Å². The molecular weight excluding hydrogens is 676 g/mol. The highest BCUT2D eigenvalue weighted by Crippen LogP contribution is 2.35. The number of carbonyl (C=O) groups is 2. The van der Waals surface area contributed by atoms with Gasteiger partial charge in [-0.1, -0.05) is 114 Å². The first-order chi connectivity index (χ1) is 21.5. The molecular formula is C33H31Cl4N3O4S. The maximum atomic E-state index is 14.5. The van der Waals surface area contributed by atoms with E-state index in [0.29, 0.717) is 23.6 Å². The normalized spacial score (nSPS) is 11.9. The summed E-state index contributed by atoms with van der Waals surface area (Å²) < 4.78 is 29.1. The van der Waals surface area contributed by atoms with Crippen molar-refractivity contribution in [1.82, 2.24) is 10.2 Å². The predicted molar refractivity (Wildman–Crippen MR) is 182 cm³/mol. The van der Waals surface area contributed by atoms with Crippen molar-refractivity contribution in [2.45, 2.75) is 37.2 Å². The molecule has 1 atom stereocenters. The van der Waals surface area contributed by atoms with Gasteiger partial charge in [-0.3, -0.25) is 13.9 Å². The largest absolute Gasteiger partial charge is 0.354 e. The molecule has 0 heterocycles. The van der Waals surface area contributed by atoms with Crippen molar-refractivity contribution in [3.63, 3.8) is 0 Å². The molecule has 0 aromatic heterocycles. The summed E-state index contributed by atoms with van der Waals surface area (Å²) in [6.07, 6.45) is 0.855. The lowest BCUT2D eigenvalue weighted by Crippen LogP contribution is -2.53. The maximum absolute atomic E-state index is 14.5. The lowest BCUT2D eigenvalue weighted by Gasteiger charge is -2.34. The fourth-order valence-electron chi connectivity index (χ4n) is 4.67. The number of benzene rings is 4. The van der Waals surface area contributed by atoms with Gasteiger partial charge >= 0.3 is 0 Å². The summed E-state index contributed by atoms with van der Waals surface area (Å²) in [4.78, 5) is 29.5. The standard InChI is InChI=1S/C33H31Cl4N3O4S/c1-2-18-38-33(42)30(20-23-10-5-3-6-11-23)39(21-24-16-17-26(34)28(36)19-24)31(41)22-40(29-15-9-14-27(35)32(29)37)45(43,44)25-12-7-4-8-13-25/h3-17,19,30H,2,18,20-22H2,1H3,(H,38,42). The van der Waals surface area contributed by atoms with Gasteiger partial charge in [0.25, 0.3) is 10.0 Å². The number of carbonyl (C=O) groups excluding carboxylic acids is 2. The van der Waals surface area contributed by atoms with Crippen LogP contribution in [0.5, 0.6) is 0 Å². The molecule has 0 fully saturated rings. The topological polar surface area (TPSA) is 86.8 Å². The van der Waals surface area contributed by atoms with Crippen LogP contribution in [0.2, 0.25) is 20.1 Å². The molecule has 0 saturated heterocycles. The Morgan fingerprint density at radius 3 is 2.09 bits per heavy atom. The van der Waals surface area contributed by atoms with Crippen LogP contribution < -0.4 is 9.62 Å². The van der Waals surface area contributed by atoms with Gasteiger partial charge in [-0.05, 0) is 53.9 Å². The van der Waals surface area contributed by atoms with Gasteiger partial charge in [0.2, 0.25) is 11.8 Å². The zero-order valence-corrected chi connectivity index (χ0v) is 28.1. The first kappa shape index (κ1) is 34.6. The van der Waals surface area contributed by atoms with Crippen LogP contribution in [0.3, 0.4) is 0 Å². The van der Waals surface area contributed by atoms with Crippen LogP contribution in [0.15, 0.2) is 102 Å². The highest BCUT2D eigenvalue weighted by atomic mass is 35.5. The van der Waals surface area contributed by atoms with Crippen LogP contribution in [-0.4, -0.2) is 44.3 Å². The highest BCUT2D eigenvalue weighted by molar-refractivity contribution is 7.92. The number of nitrogens with zero attached hydrogens (tertiary/aromatic N) is 2. The van der Waals surface area contributed by atoms with Crippen LogP contribution in [0.1, 0.15) is 24.5 Å². The summed E-state index contributed by atoms with van der Waals surface area (Å²) >= 11 is 25.3. The molecule has 7 nitrogen and oxygen atoms in total. The van der Waals surface area contributed by atoms with Crippen LogP contribution in [0.25, 0.3) is 0 Å². The summed E-state index contributed by atoms with van der Waals surface area (Å²) in [6.45, 7) is 1.58. The number of sulfonamides is 1. The Hall–Kier alpha value is -3.27. The number of halogens is 4. The minimum Gasteiger partial charge on any atom is -0.354 e. The second-order valence-electron chi connectivity index (χ2n) is 10.2. The summed E-state index contributed by atoms with van der Waals surface area (Å²) in [7, 11) is -4.32. The lowest BCUT2D eigenvalue weighted by atomic mass is 10.0. The fraction of sp³-hybridized carbons (Fsp3) is 0.212. The molecule has 0 aliphatic heterocycles. The van der Waals surface area contributed by atoms with E-state index < -0.39 is 28.5 Å². The van der Waals surface area contributed by atoms with E-state index in [1.807, 2.05) is 37.3 Å². The van der Waals surface area contributed by atoms with E-state index in [4.69, 9.17) is 46.4 Å². The quantitative estimate of drug-likeness (QED) is 0.155. The summed E-state index contributed by atoms with van der Waals surface area (Å²) in [6, 6.07) is 25.4. The number of hydrogen-bond donors (Lipinski definition) is 1. The van der Waals surface area contributed by atoms with Gasteiger partial charge in [-0.2, -0.15) is 0 Å². The number of rotatable bonds is 13. The molecule has 2 amide bonds. The maximum Gasteiger partial charge on any atom is 0.264 e. The third kappa shape index (κ3) is 8.71. The molecule has 0 aliphatic rings. The predicted octanol–water partition coefficient (Wildman–Crippen LogP) is 7.66. The molecule has 4 aromatic rings. The van der Waals surface area contributed by atoms with E-state index in [1.165, 1.54) is 29.2 Å². The van der Waals surface area contributed by atoms with Crippen molar-refractivity contribution < 1.29 is 18.0 Å². The molecule has 236 valence electrons. The SMILES string of the molecule is CCCNC(=O)C(Cc1ccccc1)N(Cc1ccc(Cl)c(Cl)c1)C(=O)CN(c1cccc(Cl)c1Cl)S(=O)(=O)c1ccccc1. The van der Waals surface area contributed by atoms with Gasteiger partial charge in [0.05, 0.1) is 30.7 Å². The molecule has 12 heteroatoms. The van der Waals surface area contributed by atoms with Gasteiger partial charge in [-0.25, -0.2) is 8.42 Å². The lowest BCUT2D eigenvalue weighted by molar-refractivity contribution is -0.140. The zero-order chi connectivity index (χ0) is 32.6. The van der Waals surface area contributed by atoms with E-state index in [0.717, 1.165) is 9.87 Å². The highest BCUT2D eigenvalue weighted by Gasteiger charge is 2.35. The summed E-state index contributed by atoms with van der Waals surface area (Å²) in [5, 5.41) is 3.58. The molecule has 45 heavy (non-hydrogen) atoms. The Morgan fingerprint density at radius 1 is 0.778 bits per heavy atom. The van der Waals surface area contributed by atoms with Crippen molar-refractivity contribution in [3.05, 3.63) is 128 Å². The molecule has 0 radical (unpaired) electrons. The minimum absolute atomic E-state index is 0.0194. The van der Waals surface area contributed by atoms with Crippen LogP contribution in [-0.2, 0) is 32.6 Å². The third-order valence-electron chi connectivity index (χ3n) is 6.97. The fourth-order valence-corrected chi connectivity index (χ4v) is 6.89. The first-order valence-corrected chi connectivity index (χ1v) is 17.0. The molecule has 4 rings (SSSR count). The van der Waals surface area contributed by atoms with Crippen molar-refractivity contribution in [2.24, 2.45) is 0 Å². The van der Waals surface area contributed by atoms with E-state index in [1.54, 1.807) is 42.5 Å². The molecule has 0 bridgehead atoms. The molecule has 0 saturated carbocycles. The van der Waals surface area contributed by atoms with Gasteiger partial charge in [0.15, 0.2) is 0 Å². The second-order valence-corrected chi connectivity index (χ2v) is 13.6. The van der Waals surface area contributed by atoms with E-state index >= 15 is 0 Å². The van der Waals surface area contributed by atoms with Crippen LogP contribution in [0.4, 0.5) is 5.69 Å². The zero-order valence-electron chi connectivity index (χ0n) is 24.3. The van der Waals surface area contributed by atoms with Crippen molar-refractivity contribution >= 4 is 73.9 Å². The molecule has 0 aliphatic carbocycles. The number of anilines is 1. The van der Waals surface area contributed by atoms with Crippen molar-refractivity contribution in [1.29, 1.82) is 0 Å². The van der Waals surface area contributed by atoms with Crippen molar-refractivity contribution in [3.8, 4) is 0 Å². The smallest absolute Gasteiger partial charge is 0.264 e. The summed E-state index contributed by atoms with van der Waals surface area (Å²) in [5.74, 6) is -1.03. The van der Waals surface area contributed by atoms with Crippen molar-refractivity contribution in [2.75, 3.05) is 17.4 Å². The van der Waals surface area contributed by atoms with Gasteiger partial charge in [0.1, 0.15) is 12.6 Å². The average Bonchev–Trinajstić information content (AvgIpc) is 3.04. The number of amides is 2. The monoisotopic (exact) mass is 705 g/mol. The van der Waals surface area contributed by atoms with Crippen LogP contribution >= 0.6 is 46.4 Å². The Bertz CT molecular complexity index is 1740. The van der Waals surface area contributed by atoms with Gasteiger partial charge in [-0.15, -0.1) is 0 Å². The Morgan fingerprint density at radius 2 is 1.44 bits per heavy atom. The number of hydrogen-bond acceptors (Lipinski definition) is 4. The third-order valence-corrected chi connectivity index (χ3v) is 10.3. The van der Waals surface area contributed by atoms with E-state index in [-0.39, 0.29) is 44.5 Å². The van der Waals surface area contributed by atoms with Gasteiger partial charge < -0.3 is 10.2 Å². The van der Waals surface area contributed by atoms with E-state index in [2.05, 4.69) is 5.32 Å². The summed E-state index contributed by atoms with van der Waals surface area (Å²) in [5.41, 5.74) is 1.43. The molecule has 1 N–H and O–H groups in total. The Kier molecular flexibility index (Phi) is 12.2. The van der Waals surface area contributed by atoms with E-state index in [9.17, 15) is 18.0 Å². The Balaban J connectivity index is 1.83. The van der Waals surface area contributed by atoms with Crippen LogP contribution in [0, 0.1) is 0 Å².